The summed E-state index contributed by atoms with van der Waals surface area (Å²) in [4.78, 5) is 12.5. The Hall–Kier alpha value is -2.26. The van der Waals surface area contributed by atoms with Crippen molar-refractivity contribution in [2.45, 2.75) is 6.42 Å². The van der Waals surface area contributed by atoms with Gasteiger partial charge in [0.1, 0.15) is 11.5 Å². The molecule has 0 aromatic heterocycles. The second kappa shape index (κ2) is 5.85. The maximum Gasteiger partial charge on any atom is 0.189 e. The van der Waals surface area contributed by atoms with Crippen molar-refractivity contribution in [2.75, 3.05) is 14.2 Å². The Kier molecular flexibility index (Phi) is 3.90. The molecule has 0 saturated heterocycles. The summed E-state index contributed by atoms with van der Waals surface area (Å²) in [5.74, 6) is 1.40. The van der Waals surface area contributed by atoms with Crippen molar-refractivity contribution >= 4 is 23.5 Å². The number of Topliss-reactive ketones (excluding diaryl/α,β-unsaturated/α-hetero) is 1. The van der Waals surface area contributed by atoms with Crippen molar-refractivity contribution in [1.29, 1.82) is 0 Å². The van der Waals surface area contributed by atoms with Crippen molar-refractivity contribution in [1.82, 2.24) is 0 Å². The van der Waals surface area contributed by atoms with Crippen molar-refractivity contribution in [3.05, 3.63) is 63.7 Å². The SMILES string of the molecule is COc1cc(/C=C2/Cc3c(Cl)cccc3C2=O)cc(OC)c1. The Morgan fingerprint density at radius 2 is 1.77 bits per heavy atom. The van der Waals surface area contributed by atoms with Gasteiger partial charge in [0.2, 0.25) is 0 Å². The maximum absolute atomic E-state index is 12.5. The van der Waals surface area contributed by atoms with E-state index in [0.29, 0.717) is 28.5 Å². The molecule has 3 rings (SSSR count). The van der Waals surface area contributed by atoms with Crippen LogP contribution in [0.4, 0.5) is 0 Å². The second-order valence-electron chi connectivity index (χ2n) is 5.09. The predicted molar refractivity (Wildman–Crippen MR) is 87.0 cm³/mol. The van der Waals surface area contributed by atoms with Gasteiger partial charge in [-0.1, -0.05) is 23.7 Å². The largest absolute Gasteiger partial charge is 0.497 e. The molecule has 0 bridgehead atoms. The molecule has 3 nitrogen and oxygen atoms in total. The number of ether oxygens (including phenoxy) is 2. The summed E-state index contributed by atoms with van der Waals surface area (Å²) < 4.78 is 10.5. The van der Waals surface area contributed by atoms with Crippen molar-refractivity contribution in [3.63, 3.8) is 0 Å². The van der Waals surface area contributed by atoms with E-state index in [-0.39, 0.29) is 5.78 Å². The molecule has 2 aromatic carbocycles. The molecule has 0 aliphatic heterocycles. The lowest BCUT2D eigenvalue weighted by atomic mass is 10.1. The number of rotatable bonds is 3. The molecular formula is C18H15ClO3. The van der Waals surface area contributed by atoms with Crippen LogP contribution in [0.15, 0.2) is 42.0 Å². The van der Waals surface area contributed by atoms with E-state index in [2.05, 4.69) is 0 Å². The summed E-state index contributed by atoms with van der Waals surface area (Å²) in [5, 5.41) is 0.637. The fraction of sp³-hybridized carbons (Fsp3) is 0.167. The Bertz CT molecular complexity index is 756. The predicted octanol–water partition coefficient (Wildman–Crippen LogP) is 4.18. The van der Waals surface area contributed by atoms with E-state index in [1.807, 2.05) is 30.3 Å². The number of allylic oxidation sites excluding steroid dienone is 1. The zero-order chi connectivity index (χ0) is 15.7. The Labute approximate surface area is 134 Å². The minimum atomic E-state index is 0.0271. The van der Waals surface area contributed by atoms with Crippen LogP contribution in [0.25, 0.3) is 6.08 Å². The molecule has 22 heavy (non-hydrogen) atoms. The number of halogens is 1. The quantitative estimate of drug-likeness (QED) is 0.797. The van der Waals surface area contributed by atoms with Crippen LogP contribution in [0.5, 0.6) is 11.5 Å². The highest BCUT2D eigenvalue weighted by molar-refractivity contribution is 6.33. The maximum atomic E-state index is 12.5. The second-order valence-corrected chi connectivity index (χ2v) is 5.49. The van der Waals surface area contributed by atoms with Crippen LogP contribution < -0.4 is 9.47 Å². The van der Waals surface area contributed by atoms with Crippen molar-refractivity contribution < 1.29 is 14.3 Å². The van der Waals surface area contributed by atoms with Crippen LogP contribution in [0.3, 0.4) is 0 Å². The number of carbonyl (C=O) groups is 1. The van der Waals surface area contributed by atoms with Gasteiger partial charge in [0.15, 0.2) is 5.78 Å². The molecule has 2 aromatic rings. The van der Waals surface area contributed by atoms with Crippen LogP contribution in [0.1, 0.15) is 21.5 Å². The topological polar surface area (TPSA) is 35.5 Å². The fourth-order valence-corrected chi connectivity index (χ4v) is 2.87. The van der Waals surface area contributed by atoms with Crippen LogP contribution in [-0.2, 0) is 6.42 Å². The highest BCUT2D eigenvalue weighted by Crippen LogP contribution is 2.33. The summed E-state index contributed by atoms with van der Waals surface area (Å²) in [6, 6.07) is 11.0. The van der Waals surface area contributed by atoms with Gasteiger partial charge in [-0.3, -0.25) is 4.79 Å². The van der Waals surface area contributed by atoms with Gasteiger partial charge in [-0.05, 0) is 35.4 Å². The average molecular weight is 315 g/mol. The smallest absolute Gasteiger partial charge is 0.189 e. The molecule has 4 heteroatoms. The van der Waals surface area contributed by atoms with Gasteiger partial charge in [-0.25, -0.2) is 0 Å². The Morgan fingerprint density at radius 1 is 1.09 bits per heavy atom. The number of hydrogen-bond donors (Lipinski definition) is 0. The molecule has 112 valence electrons. The van der Waals surface area contributed by atoms with Crippen molar-refractivity contribution in [2.24, 2.45) is 0 Å². The van der Waals surface area contributed by atoms with Crippen molar-refractivity contribution in [3.8, 4) is 11.5 Å². The van der Waals surface area contributed by atoms with Crippen LogP contribution >= 0.6 is 11.6 Å². The average Bonchev–Trinajstić information content (AvgIpc) is 2.85. The first-order valence-corrected chi connectivity index (χ1v) is 7.26. The molecule has 0 fully saturated rings. The van der Waals surface area contributed by atoms with Gasteiger partial charge >= 0.3 is 0 Å². The highest BCUT2D eigenvalue weighted by atomic mass is 35.5. The van der Waals surface area contributed by atoms with Crippen LogP contribution in [0, 0.1) is 0 Å². The van der Waals surface area contributed by atoms with E-state index < -0.39 is 0 Å². The monoisotopic (exact) mass is 314 g/mol. The lowest BCUT2D eigenvalue weighted by Crippen LogP contribution is -1.95. The number of methoxy groups -OCH3 is 2. The fourth-order valence-electron chi connectivity index (χ4n) is 2.63. The summed E-state index contributed by atoms with van der Waals surface area (Å²) >= 11 is 6.18. The minimum Gasteiger partial charge on any atom is -0.497 e. The number of fused-ring (bicyclic) bond motifs is 1. The van der Waals surface area contributed by atoms with Gasteiger partial charge < -0.3 is 9.47 Å². The molecule has 1 aliphatic carbocycles. The van der Waals surface area contributed by atoms with Gasteiger partial charge in [0.05, 0.1) is 14.2 Å². The lowest BCUT2D eigenvalue weighted by Gasteiger charge is -2.06. The van der Waals surface area contributed by atoms with E-state index in [1.54, 1.807) is 26.4 Å². The number of ketones is 1. The zero-order valence-electron chi connectivity index (χ0n) is 12.4. The van der Waals surface area contributed by atoms with Gasteiger partial charge in [0, 0.05) is 28.6 Å². The van der Waals surface area contributed by atoms with Crippen LogP contribution in [0.2, 0.25) is 5.02 Å². The number of hydrogen-bond acceptors (Lipinski definition) is 3. The van der Waals surface area contributed by atoms with E-state index in [1.165, 1.54) is 0 Å². The third-order valence-electron chi connectivity index (χ3n) is 3.74. The highest BCUT2D eigenvalue weighted by Gasteiger charge is 2.26. The third-order valence-corrected chi connectivity index (χ3v) is 4.09. The molecular weight excluding hydrogens is 300 g/mol. The molecule has 0 radical (unpaired) electrons. The van der Waals surface area contributed by atoms with E-state index in [0.717, 1.165) is 16.7 Å². The third kappa shape index (κ3) is 2.60. The molecule has 1 aliphatic rings. The summed E-state index contributed by atoms with van der Waals surface area (Å²) in [7, 11) is 3.20. The Balaban J connectivity index is 2.01. The number of carbonyl (C=O) groups excluding carboxylic acids is 1. The van der Waals surface area contributed by atoms with E-state index >= 15 is 0 Å². The minimum absolute atomic E-state index is 0.0271. The Morgan fingerprint density at radius 3 is 2.36 bits per heavy atom. The first kappa shape index (κ1) is 14.7. The molecule has 0 spiro atoms. The molecule has 0 heterocycles. The number of benzene rings is 2. The lowest BCUT2D eigenvalue weighted by molar-refractivity contribution is 0.104. The van der Waals surface area contributed by atoms with Gasteiger partial charge in [0.25, 0.3) is 0 Å². The van der Waals surface area contributed by atoms with E-state index in [9.17, 15) is 4.79 Å². The zero-order valence-corrected chi connectivity index (χ0v) is 13.1. The van der Waals surface area contributed by atoms with E-state index in [4.69, 9.17) is 21.1 Å². The normalized spacial score (nSPS) is 15.0. The molecule has 0 unspecified atom stereocenters. The first-order chi connectivity index (χ1) is 10.6. The molecule has 0 N–H and O–H groups in total. The van der Waals surface area contributed by atoms with Gasteiger partial charge in [-0.15, -0.1) is 0 Å². The first-order valence-electron chi connectivity index (χ1n) is 6.88. The standard InChI is InChI=1S/C18H15ClO3/c1-21-13-7-11(8-14(10-13)22-2)6-12-9-16-15(18(12)20)4-3-5-17(16)19/h3-8,10H,9H2,1-2H3/b12-6-. The van der Waals surface area contributed by atoms with Gasteiger partial charge in [-0.2, -0.15) is 0 Å². The molecule has 0 atom stereocenters. The summed E-state index contributed by atoms with van der Waals surface area (Å²) in [6.07, 6.45) is 2.41. The summed E-state index contributed by atoms with van der Waals surface area (Å²) in [6.45, 7) is 0. The summed E-state index contributed by atoms with van der Waals surface area (Å²) in [5.41, 5.74) is 3.17. The van der Waals surface area contributed by atoms with Crippen LogP contribution in [-0.4, -0.2) is 20.0 Å². The molecule has 0 amide bonds. The molecule has 0 saturated carbocycles.